The molecule has 0 unspecified atom stereocenters. The lowest BCUT2D eigenvalue weighted by molar-refractivity contribution is 0.0468. The van der Waals surface area contributed by atoms with Crippen LogP contribution >= 0.6 is 11.6 Å². The topological polar surface area (TPSA) is 86.7 Å². The predicted molar refractivity (Wildman–Crippen MR) is 86.4 cm³/mol. The number of halogens is 1. The van der Waals surface area contributed by atoms with Gasteiger partial charge in [0.1, 0.15) is 12.3 Å². The minimum absolute atomic E-state index is 0.109. The van der Waals surface area contributed by atoms with Gasteiger partial charge in [-0.25, -0.2) is 9.78 Å². The van der Waals surface area contributed by atoms with Crippen LogP contribution in [0, 0.1) is 0 Å². The molecule has 0 bridgehead atoms. The van der Waals surface area contributed by atoms with Crippen LogP contribution in [0.3, 0.4) is 0 Å². The number of pyridine rings is 1. The van der Waals surface area contributed by atoms with Crippen LogP contribution < -0.4 is 11.3 Å². The molecule has 0 aliphatic carbocycles. The SMILES string of the molecule is Nc1cc(C(=O)OCc2cc(=O)n3ccccc3n2)ccc1Cl. The molecule has 0 spiro atoms. The van der Waals surface area contributed by atoms with Crippen molar-refractivity contribution in [1.82, 2.24) is 9.38 Å². The fourth-order valence-electron chi connectivity index (χ4n) is 2.07. The molecular weight excluding hydrogens is 318 g/mol. The molecule has 6 nitrogen and oxygen atoms in total. The van der Waals surface area contributed by atoms with E-state index in [9.17, 15) is 9.59 Å². The second-order valence-corrected chi connectivity index (χ2v) is 5.23. The number of hydrogen-bond acceptors (Lipinski definition) is 5. The van der Waals surface area contributed by atoms with Gasteiger partial charge in [-0.2, -0.15) is 0 Å². The van der Waals surface area contributed by atoms with Crippen molar-refractivity contribution in [3.05, 3.63) is 75.3 Å². The van der Waals surface area contributed by atoms with Crippen molar-refractivity contribution < 1.29 is 9.53 Å². The van der Waals surface area contributed by atoms with Crippen molar-refractivity contribution in [3.8, 4) is 0 Å². The summed E-state index contributed by atoms with van der Waals surface area (Å²) in [5.41, 5.74) is 6.85. The zero-order valence-electron chi connectivity index (χ0n) is 11.9. The van der Waals surface area contributed by atoms with Gasteiger partial charge in [0, 0.05) is 12.3 Å². The predicted octanol–water partition coefficient (Wildman–Crippen LogP) is 2.29. The molecule has 0 aliphatic rings. The average molecular weight is 330 g/mol. The van der Waals surface area contributed by atoms with E-state index in [-0.39, 0.29) is 17.7 Å². The minimum atomic E-state index is -0.566. The third-order valence-electron chi connectivity index (χ3n) is 3.21. The maximum atomic E-state index is 12.0. The number of carbonyl (C=O) groups is 1. The van der Waals surface area contributed by atoms with E-state index in [0.717, 1.165) is 0 Å². The molecule has 0 fully saturated rings. The third kappa shape index (κ3) is 3.17. The Morgan fingerprint density at radius 2 is 2.09 bits per heavy atom. The Kier molecular flexibility index (Phi) is 3.99. The molecule has 2 aromatic heterocycles. The maximum Gasteiger partial charge on any atom is 0.338 e. The second kappa shape index (κ2) is 6.10. The number of esters is 1. The largest absolute Gasteiger partial charge is 0.456 e. The van der Waals surface area contributed by atoms with Crippen molar-refractivity contribution >= 4 is 28.9 Å². The highest BCUT2D eigenvalue weighted by Crippen LogP contribution is 2.20. The van der Waals surface area contributed by atoms with Crippen LogP contribution in [-0.2, 0) is 11.3 Å². The summed E-state index contributed by atoms with van der Waals surface area (Å²) >= 11 is 5.81. The van der Waals surface area contributed by atoms with Gasteiger partial charge in [-0.05, 0) is 30.3 Å². The lowest BCUT2D eigenvalue weighted by Gasteiger charge is -2.07. The molecule has 0 amide bonds. The van der Waals surface area contributed by atoms with Crippen LogP contribution in [0.5, 0.6) is 0 Å². The smallest absolute Gasteiger partial charge is 0.338 e. The zero-order valence-corrected chi connectivity index (χ0v) is 12.7. The first-order chi connectivity index (χ1) is 11.0. The summed E-state index contributed by atoms with van der Waals surface area (Å²) in [6.07, 6.45) is 1.62. The summed E-state index contributed by atoms with van der Waals surface area (Å²) in [5, 5.41) is 0.366. The van der Waals surface area contributed by atoms with Gasteiger partial charge in [-0.15, -0.1) is 0 Å². The van der Waals surface area contributed by atoms with E-state index < -0.39 is 5.97 Å². The molecule has 23 heavy (non-hydrogen) atoms. The van der Waals surface area contributed by atoms with Gasteiger partial charge in [0.2, 0.25) is 0 Å². The maximum absolute atomic E-state index is 12.0. The zero-order chi connectivity index (χ0) is 16.4. The molecule has 1 aromatic carbocycles. The highest BCUT2D eigenvalue weighted by atomic mass is 35.5. The molecule has 2 heterocycles. The quantitative estimate of drug-likeness (QED) is 0.588. The van der Waals surface area contributed by atoms with E-state index >= 15 is 0 Å². The number of aromatic nitrogens is 2. The Hall–Kier alpha value is -2.86. The lowest BCUT2D eigenvalue weighted by atomic mass is 10.2. The highest BCUT2D eigenvalue weighted by Gasteiger charge is 2.10. The van der Waals surface area contributed by atoms with Gasteiger partial charge in [-0.1, -0.05) is 17.7 Å². The van der Waals surface area contributed by atoms with Gasteiger partial charge in [0.25, 0.3) is 5.56 Å². The van der Waals surface area contributed by atoms with Crippen LogP contribution in [-0.4, -0.2) is 15.4 Å². The summed E-state index contributed by atoms with van der Waals surface area (Å²) in [6, 6.07) is 11.0. The number of hydrogen-bond donors (Lipinski definition) is 1. The Labute approximate surface area is 136 Å². The number of anilines is 1. The Bertz CT molecular complexity index is 953. The summed E-state index contributed by atoms with van der Waals surface area (Å²) < 4.78 is 6.57. The number of nitrogen functional groups attached to an aromatic ring is 1. The average Bonchev–Trinajstić information content (AvgIpc) is 2.55. The molecule has 0 saturated heterocycles. The first-order valence-corrected chi connectivity index (χ1v) is 7.12. The van der Waals surface area contributed by atoms with Gasteiger partial charge >= 0.3 is 5.97 Å². The monoisotopic (exact) mass is 329 g/mol. The van der Waals surface area contributed by atoms with E-state index in [1.807, 2.05) is 0 Å². The van der Waals surface area contributed by atoms with Gasteiger partial charge in [0.15, 0.2) is 0 Å². The number of benzene rings is 1. The number of ether oxygens (including phenoxy) is 1. The Balaban J connectivity index is 1.79. The van der Waals surface area contributed by atoms with E-state index in [1.54, 1.807) is 24.4 Å². The van der Waals surface area contributed by atoms with E-state index in [0.29, 0.717) is 22.1 Å². The number of carbonyl (C=O) groups excluding carboxylic acids is 1. The molecular formula is C16H12ClN3O3. The molecule has 0 radical (unpaired) electrons. The van der Waals surface area contributed by atoms with Crippen LogP contribution in [0.2, 0.25) is 5.02 Å². The van der Waals surface area contributed by atoms with Crippen molar-refractivity contribution in [2.75, 3.05) is 5.73 Å². The molecule has 116 valence electrons. The molecule has 7 heteroatoms. The van der Waals surface area contributed by atoms with Crippen LogP contribution in [0.1, 0.15) is 16.1 Å². The standard InChI is InChI=1S/C16H12ClN3O3/c17-12-5-4-10(7-13(12)18)16(22)23-9-11-8-15(21)20-6-2-1-3-14(20)19-11/h1-8H,9,18H2. The molecule has 0 saturated carbocycles. The van der Waals surface area contributed by atoms with Gasteiger partial charge in [0.05, 0.1) is 22.0 Å². The van der Waals surface area contributed by atoms with Gasteiger partial charge < -0.3 is 10.5 Å². The summed E-state index contributed by atoms with van der Waals surface area (Å²) in [5.74, 6) is -0.566. The van der Waals surface area contributed by atoms with Crippen molar-refractivity contribution in [2.24, 2.45) is 0 Å². The second-order valence-electron chi connectivity index (χ2n) is 4.83. The number of nitrogens with zero attached hydrogens (tertiary/aromatic N) is 2. The molecule has 2 N–H and O–H groups in total. The fourth-order valence-corrected chi connectivity index (χ4v) is 2.19. The number of rotatable bonds is 3. The number of fused-ring (bicyclic) bond motifs is 1. The van der Waals surface area contributed by atoms with Crippen molar-refractivity contribution in [2.45, 2.75) is 6.61 Å². The molecule has 0 atom stereocenters. The number of nitrogens with two attached hydrogens (primary N) is 1. The van der Waals surface area contributed by atoms with Crippen LogP contribution in [0.4, 0.5) is 5.69 Å². The normalized spacial score (nSPS) is 10.7. The van der Waals surface area contributed by atoms with Crippen LogP contribution in [0.15, 0.2) is 53.5 Å². The van der Waals surface area contributed by atoms with Gasteiger partial charge in [-0.3, -0.25) is 9.20 Å². The molecule has 3 rings (SSSR count). The minimum Gasteiger partial charge on any atom is -0.456 e. The summed E-state index contributed by atoms with van der Waals surface area (Å²) in [6.45, 7) is -0.109. The first kappa shape index (κ1) is 15.1. The first-order valence-electron chi connectivity index (χ1n) is 6.74. The highest BCUT2D eigenvalue weighted by molar-refractivity contribution is 6.33. The Morgan fingerprint density at radius 3 is 2.87 bits per heavy atom. The lowest BCUT2D eigenvalue weighted by Crippen LogP contribution is -2.16. The molecule has 3 aromatic rings. The van der Waals surface area contributed by atoms with Crippen molar-refractivity contribution in [3.63, 3.8) is 0 Å². The fraction of sp³-hybridized carbons (Fsp3) is 0.0625. The van der Waals surface area contributed by atoms with Crippen molar-refractivity contribution in [1.29, 1.82) is 0 Å². The van der Waals surface area contributed by atoms with Crippen LogP contribution in [0.25, 0.3) is 5.65 Å². The van der Waals surface area contributed by atoms with E-state index in [1.165, 1.54) is 28.7 Å². The molecule has 0 aliphatic heterocycles. The van der Waals surface area contributed by atoms with E-state index in [4.69, 9.17) is 22.1 Å². The third-order valence-corrected chi connectivity index (χ3v) is 3.55. The Morgan fingerprint density at radius 1 is 1.26 bits per heavy atom. The summed E-state index contributed by atoms with van der Waals surface area (Å²) in [7, 11) is 0. The summed E-state index contributed by atoms with van der Waals surface area (Å²) in [4.78, 5) is 28.2. The van der Waals surface area contributed by atoms with E-state index in [2.05, 4.69) is 4.98 Å².